The van der Waals surface area contributed by atoms with Crippen molar-refractivity contribution in [3.05, 3.63) is 83.9 Å². The summed E-state index contributed by atoms with van der Waals surface area (Å²) in [6, 6.07) is 19.9. The quantitative estimate of drug-likeness (QED) is 0.467. The lowest BCUT2D eigenvalue weighted by Crippen LogP contribution is -2.23. The van der Waals surface area contributed by atoms with E-state index < -0.39 is 18.5 Å². The SMILES string of the molecule is COc1ccccc1NC(=O)c1ccc(NC(=O)COC(=O)c2ccc(N3CCCC3=O)cc2)cc1. The summed E-state index contributed by atoms with van der Waals surface area (Å²) in [5, 5.41) is 5.40. The fraction of sp³-hybridized carbons (Fsp3) is 0.185. The van der Waals surface area contributed by atoms with Crippen molar-refractivity contribution < 1.29 is 28.7 Å². The van der Waals surface area contributed by atoms with Crippen LogP contribution in [-0.2, 0) is 14.3 Å². The van der Waals surface area contributed by atoms with Gasteiger partial charge < -0.3 is 25.0 Å². The minimum Gasteiger partial charge on any atom is -0.495 e. The minimum absolute atomic E-state index is 0.0621. The van der Waals surface area contributed by atoms with Crippen LogP contribution < -0.4 is 20.3 Å². The lowest BCUT2D eigenvalue weighted by Gasteiger charge is -2.15. The molecule has 3 aromatic rings. The average Bonchev–Trinajstić information content (AvgIpc) is 3.33. The van der Waals surface area contributed by atoms with Gasteiger partial charge >= 0.3 is 5.97 Å². The number of benzene rings is 3. The molecule has 0 unspecified atom stereocenters. The number of hydrogen-bond acceptors (Lipinski definition) is 6. The van der Waals surface area contributed by atoms with Crippen LogP contribution in [0.2, 0.25) is 0 Å². The van der Waals surface area contributed by atoms with E-state index in [4.69, 9.17) is 9.47 Å². The van der Waals surface area contributed by atoms with Crippen LogP contribution in [0.3, 0.4) is 0 Å². The van der Waals surface area contributed by atoms with Gasteiger partial charge in [0.2, 0.25) is 5.91 Å². The lowest BCUT2D eigenvalue weighted by atomic mass is 10.2. The summed E-state index contributed by atoms with van der Waals surface area (Å²) in [6.07, 6.45) is 1.34. The molecule has 2 N–H and O–H groups in total. The zero-order chi connectivity index (χ0) is 25.5. The third-order valence-electron chi connectivity index (χ3n) is 5.61. The van der Waals surface area contributed by atoms with Crippen molar-refractivity contribution >= 4 is 40.8 Å². The summed E-state index contributed by atoms with van der Waals surface area (Å²) in [5.41, 5.74) is 2.40. The highest BCUT2D eigenvalue weighted by Gasteiger charge is 2.22. The molecule has 0 atom stereocenters. The van der Waals surface area contributed by atoms with Crippen LogP contribution in [-0.4, -0.2) is 44.0 Å². The number of esters is 1. The molecule has 0 radical (unpaired) electrons. The van der Waals surface area contributed by atoms with E-state index in [2.05, 4.69) is 10.6 Å². The molecule has 9 nitrogen and oxygen atoms in total. The van der Waals surface area contributed by atoms with E-state index in [0.29, 0.717) is 35.7 Å². The van der Waals surface area contributed by atoms with Gasteiger partial charge in [-0.2, -0.15) is 0 Å². The first-order valence-corrected chi connectivity index (χ1v) is 11.4. The number of nitrogens with one attached hydrogen (secondary N) is 2. The molecular formula is C27H25N3O6. The van der Waals surface area contributed by atoms with Crippen molar-refractivity contribution in [2.75, 3.05) is 35.8 Å². The van der Waals surface area contributed by atoms with Crippen LogP contribution in [0.1, 0.15) is 33.6 Å². The second-order valence-corrected chi connectivity index (χ2v) is 8.05. The van der Waals surface area contributed by atoms with Gasteiger partial charge in [0, 0.05) is 29.9 Å². The van der Waals surface area contributed by atoms with E-state index in [1.165, 1.54) is 7.11 Å². The van der Waals surface area contributed by atoms with E-state index in [1.54, 1.807) is 77.7 Å². The Bertz CT molecular complexity index is 1270. The molecule has 1 heterocycles. The number of amides is 3. The van der Waals surface area contributed by atoms with Crippen molar-refractivity contribution in [2.45, 2.75) is 12.8 Å². The fourth-order valence-electron chi connectivity index (χ4n) is 3.76. The fourth-order valence-corrected chi connectivity index (χ4v) is 3.76. The summed E-state index contributed by atoms with van der Waals surface area (Å²) in [6.45, 7) is 0.192. The van der Waals surface area contributed by atoms with Crippen molar-refractivity contribution in [2.24, 2.45) is 0 Å². The zero-order valence-corrected chi connectivity index (χ0v) is 19.7. The van der Waals surface area contributed by atoms with Gasteiger partial charge in [0.15, 0.2) is 6.61 Å². The topological polar surface area (TPSA) is 114 Å². The largest absolute Gasteiger partial charge is 0.495 e. The van der Waals surface area contributed by atoms with Gasteiger partial charge in [-0.05, 0) is 67.1 Å². The zero-order valence-electron chi connectivity index (χ0n) is 19.7. The molecule has 4 rings (SSSR count). The van der Waals surface area contributed by atoms with Crippen LogP contribution in [0.4, 0.5) is 17.1 Å². The Morgan fingerprint density at radius 1 is 0.889 bits per heavy atom. The van der Waals surface area contributed by atoms with Crippen molar-refractivity contribution in [1.82, 2.24) is 0 Å². The van der Waals surface area contributed by atoms with Crippen molar-refractivity contribution in [1.29, 1.82) is 0 Å². The maximum Gasteiger partial charge on any atom is 0.338 e. The Labute approximate surface area is 208 Å². The number of carbonyl (C=O) groups is 4. The third-order valence-corrected chi connectivity index (χ3v) is 5.61. The van der Waals surface area contributed by atoms with Gasteiger partial charge in [-0.3, -0.25) is 14.4 Å². The smallest absolute Gasteiger partial charge is 0.338 e. The highest BCUT2D eigenvalue weighted by atomic mass is 16.5. The molecule has 0 aromatic heterocycles. The van der Waals surface area contributed by atoms with Gasteiger partial charge in [-0.15, -0.1) is 0 Å². The van der Waals surface area contributed by atoms with Crippen LogP contribution >= 0.6 is 0 Å². The molecule has 9 heteroatoms. The Hall–Kier alpha value is -4.66. The molecule has 0 spiro atoms. The molecule has 1 aliphatic heterocycles. The predicted molar refractivity (Wildman–Crippen MR) is 134 cm³/mol. The van der Waals surface area contributed by atoms with E-state index in [-0.39, 0.29) is 17.4 Å². The third kappa shape index (κ3) is 5.87. The number of anilines is 3. The van der Waals surface area contributed by atoms with E-state index >= 15 is 0 Å². The first-order chi connectivity index (χ1) is 17.4. The Kier molecular flexibility index (Phi) is 7.60. The van der Waals surface area contributed by atoms with Gasteiger partial charge in [-0.1, -0.05) is 12.1 Å². The Morgan fingerprint density at radius 3 is 2.25 bits per heavy atom. The highest BCUT2D eigenvalue weighted by molar-refractivity contribution is 6.05. The minimum atomic E-state index is -0.646. The number of ether oxygens (including phenoxy) is 2. The summed E-state index contributed by atoms with van der Waals surface area (Å²) in [4.78, 5) is 50.5. The average molecular weight is 488 g/mol. The van der Waals surface area contributed by atoms with Crippen LogP contribution in [0.5, 0.6) is 5.75 Å². The summed E-state index contributed by atoms with van der Waals surface area (Å²) in [7, 11) is 1.52. The van der Waals surface area contributed by atoms with Gasteiger partial charge in [0.05, 0.1) is 18.4 Å². The van der Waals surface area contributed by atoms with Gasteiger partial charge in [0.25, 0.3) is 11.8 Å². The standard InChI is InChI=1S/C27H25N3O6/c1-35-23-6-3-2-5-22(23)29-26(33)18-8-12-20(13-9-18)28-24(31)17-36-27(34)19-10-14-21(15-11-19)30-16-4-7-25(30)32/h2-3,5-6,8-15H,4,7,16-17H2,1H3,(H,28,31)(H,29,33). The molecule has 1 aliphatic rings. The van der Waals surface area contributed by atoms with Crippen LogP contribution in [0.25, 0.3) is 0 Å². The molecule has 0 bridgehead atoms. The number of rotatable bonds is 8. The number of nitrogens with zero attached hydrogens (tertiary/aromatic N) is 1. The Morgan fingerprint density at radius 2 is 1.58 bits per heavy atom. The first kappa shape index (κ1) is 24.5. The Balaban J connectivity index is 1.26. The molecule has 3 aromatic carbocycles. The van der Waals surface area contributed by atoms with E-state index in [1.807, 2.05) is 0 Å². The van der Waals surface area contributed by atoms with E-state index in [9.17, 15) is 19.2 Å². The molecule has 184 valence electrons. The number of para-hydroxylation sites is 2. The second-order valence-electron chi connectivity index (χ2n) is 8.05. The lowest BCUT2D eigenvalue weighted by molar-refractivity contribution is -0.119. The monoisotopic (exact) mass is 487 g/mol. The highest BCUT2D eigenvalue weighted by Crippen LogP contribution is 2.24. The normalized spacial score (nSPS) is 12.7. The molecule has 0 saturated carbocycles. The van der Waals surface area contributed by atoms with E-state index in [0.717, 1.165) is 12.1 Å². The number of carbonyl (C=O) groups excluding carboxylic acids is 4. The first-order valence-electron chi connectivity index (χ1n) is 11.4. The number of hydrogen-bond donors (Lipinski definition) is 2. The van der Waals surface area contributed by atoms with Crippen LogP contribution in [0.15, 0.2) is 72.8 Å². The summed E-state index contributed by atoms with van der Waals surface area (Å²) in [5.74, 6) is -0.887. The summed E-state index contributed by atoms with van der Waals surface area (Å²) < 4.78 is 10.3. The molecule has 3 amide bonds. The second kappa shape index (κ2) is 11.2. The van der Waals surface area contributed by atoms with Gasteiger partial charge in [0.1, 0.15) is 5.75 Å². The van der Waals surface area contributed by atoms with Gasteiger partial charge in [-0.25, -0.2) is 4.79 Å². The molecule has 0 aliphatic carbocycles. The van der Waals surface area contributed by atoms with Crippen LogP contribution in [0, 0.1) is 0 Å². The number of methoxy groups -OCH3 is 1. The summed E-state index contributed by atoms with van der Waals surface area (Å²) >= 11 is 0. The van der Waals surface area contributed by atoms with Crippen molar-refractivity contribution in [3.63, 3.8) is 0 Å². The predicted octanol–water partition coefficient (Wildman–Crippen LogP) is 3.87. The molecule has 36 heavy (non-hydrogen) atoms. The van der Waals surface area contributed by atoms with Crippen molar-refractivity contribution in [3.8, 4) is 5.75 Å². The maximum absolute atomic E-state index is 12.5. The molecule has 1 saturated heterocycles. The molecule has 1 fully saturated rings. The molecular weight excluding hydrogens is 462 g/mol. The maximum atomic E-state index is 12.5.